The van der Waals surface area contributed by atoms with Crippen molar-refractivity contribution < 1.29 is 9.84 Å². The van der Waals surface area contributed by atoms with E-state index >= 15 is 0 Å². The fraction of sp³-hybridized carbons (Fsp3) is 0.364. The molecule has 1 aromatic rings. The molecule has 1 atom stereocenters. The molecule has 130 valence electrons. The minimum absolute atomic E-state index is 0.483. The summed E-state index contributed by atoms with van der Waals surface area (Å²) in [4.78, 5) is 0. The summed E-state index contributed by atoms with van der Waals surface area (Å²) in [6, 6.07) is 7.93. The monoisotopic (exact) mass is 326 g/mol. The number of hydrogen-bond acceptors (Lipinski definition) is 2. The molecule has 24 heavy (non-hydrogen) atoms. The van der Waals surface area contributed by atoms with Crippen LogP contribution in [-0.2, 0) is 0 Å². The Kier molecular flexibility index (Phi) is 11.1. The summed E-state index contributed by atoms with van der Waals surface area (Å²) in [6.45, 7) is 4.69. The summed E-state index contributed by atoms with van der Waals surface area (Å²) in [5.74, 6) is 0.843. The minimum atomic E-state index is -0.483. The molecule has 1 aromatic carbocycles. The van der Waals surface area contributed by atoms with E-state index < -0.39 is 6.10 Å². The molecule has 1 N–H and O–H groups in total. The maximum Gasteiger partial charge on any atom is 0.119 e. The van der Waals surface area contributed by atoms with Crippen LogP contribution in [0.1, 0.15) is 38.2 Å². The molecule has 0 aliphatic heterocycles. The van der Waals surface area contributed by atoms with E-state index in [1.807, 2.05) is 55.5 Å². The first-order valence-corrected chi connectivity index (χ1v) is 8.75. The second-order valence-electron chi connectivity index (χ2n) is 5.67. The van der Waals surface area contributed by atoms with Crippen LogP contribution < -0.4 is 4.74 Å². The van der Waals surface area contributed by atoms with Crippen molar-refractivity contribution in [2.45, 2.75) is 45.6 Å². The van der Waals surface area contributed by atoms with Crippen molar-refractivity contribution in [3.8, 4) is 5.75 Å². The molecule has 0 saturated heterocycles. The van der Waals surface area contributed by atoms with Crippen LogP contribution in [0.15, 0.2) is 72.9 Å². The van der Waals surface area contributed by atoms with Crippen molar-refractivity contribution in [1.82, 2.24) is 0 Å². The Morgan fingerprint density at radius 3 is 2.42 bits per heavy atom. The van der Waals surface area contributed by atoms with Crippen LogP contribution in [0.4, 0.5) is 0 Å². The Bertz CT molecular complexity index is 536. The molecule has 0 radical (unpaired) electrons. The molecule has 2 heteroatoms. The van der Waals surface area contributed by atoms with Gasteiger partial charge < -0.3 is 9.84 Å². The maximum atomic E-state index is 9.87. The summed E-state index contributed by atoms with van der Waals surface area (Å²) in [5, 5.41) is 9.87. The lowest BCUT2D eigenvalue weighted by Gasteiger charge is -2.08. The Morgan fingerprint density at radius 2 is 1.67 bits per heavy atom. The molecule has 0 saturated carbocycles. The van der Waals surface area contributed by atoms with E-state index in [1.54, 1.807) is 6.08 Å². The van der Waals surface area contributed by atoms with E-state index in [9.17, 15) is 5.11 Å². The van der Waals surface area contributed by atoms with E-state index in [0.29, 0.717) is 13.0 Å². The second-order valence-corrected chi connectivity index (χ2v) is 5.67. The van der Waals surface area contributed by atoms with E-state index in [0.717, 1.165) is 25.0 Å². The number of ether oxygens (including phenoxy) is 1. The summed E-state index contributed by atoms with van der Waals surface area (Å²) in [7, 11) is 0. The van der Waals surface area contributed by atoms with Gasteiger partial charge in [0.2, 0.25) is 0 Å². The zero-order valence-corrected chi connectivity index (χ0v) is 14.9. The highest BCUT2D eigenvalue weighted by Crippen LogP contribution is 2.11. The highest BCUT2D eigenvalue weighted by molar-refractivity contribution is 5.26. The third-order valence-electron chi connectivity index (χ3n) is 3.41. The normalized spacial score (nSPS) is 13.6. The van der Waals surface area contributed by atoms with Gasteiger partial charge in [0.1, 0.15) is 5.75 Å². The number of unbranched alkanes of at least 4 members (excludes halogenated alkanes) is 1. The van der Waals surface area contributed by atoms with Crippen molar-refractivity contribution >= 4 is 0 Å². The summed E-state index contributed by atoms with van der Waals surface area (Å²) in [6.07, 6.45) is 19.5. The number of allylic oxidation sites excluding steroid dienone is 7. The number of benzene rings is 1. The molecule has 0 amide bonds. The van der Waals surface area contributed by atoms with Crippen LogP contribution in [0, 0.1) is 6.92 Å². The quantitative estimate of drug-likeness (QED) is 0.329. The average molecular weight is 326 g/mol. The third-order valence-corrected chi connectivity index (χ3v) is 3.41. The number of rotatable bonds is 11. The maximum absolute atomic E-state index is 9.87. The molecule has 0 bridgehead atoms. The average Bonchev–Trinajstić information content (AvgIpc) is 2.58. The molecular weight excluding hydrogens is 296 g/mol. The van der Waals surface area contributed by atoms with Crippen molar-refractivity contribution in [2.75, 3.05) is 6.61 Å². The molecule has 0 aliphatic rings. The smallest absolute Gasteiger partial charge is 0.119 e. The Labute approximate surface area is 146 Å². The lowest BCUT2D eigenvalue weighted by Crippen LogP contribution is -2.08. The van der Waals surface area contributed by atoms with E-state index in [2.05, 4.69) is 25.2 Å². The topological polar surface area (TPSA) is 29.5 Å². The highest BCUT2D eigenvalue weighted by Gasteiger charge is 1.99. The van der Waals surface area contributed by atoms with Gasteiger partial charge in [0.15, 0.2) is 0 Å². The zero-order valence-electron chi connectivity index (χ0n) is 14.9. The number of aryl methyl sites for hydroxylation is 1. The van der Waals surface area contributed by atoms with Gasteiger partial charge in [-0.05, 0) is 38.3 Å². The van der Waals surface area contributed by atoms with Gasteiger partial charge in [-0.1, -0.05) is 73.2 Å². The van der Waals surface area contributed by atoms with Gasteiger partial charge in [0.05, 0.1) is 12.7 Å². The largest absolute Gasteiger partial charge is 0.493 e. The number of hydrogen-bond donors (Lipinski definition) is 1. The Balaban J connectivity index is 2.13. The molecule has 0 heterocycles. The first-order valence-electron chi connectivity index (χ1n) is 8.75. The van der Waals surface area contributed by atoms with Crippen LogP contribution in [-0.4, -0.2) is 17.8 Å². The molecule has 0 spiro atoms. The molecule has 0 unspecified atom stereocenters. The van der Waals surface area contributed by atoms with Crippen molar-refractivity contribution in [1.29, 1.82) is 0 Å². The standard InChI is InChI=1S/C22H30O2/c1-3-4-5-6-7-8-9-10-11-12-13-21(23)18-19-24-22-16-14-20(2)15-17-22/h4-5,8-17,21,23H,3,6-7,18-19H2,1-2H3/b5-4-,9-8+,11-10-,13-12+/t21-/m1/s1. The van der Waals surface area contributed by atoms with Gasteiger partial charge in [-0.25, -0.2) is 0 Å². The van der Waals surface area contributed by atoms with E-state index in [4.69, 9.17) is 4.74 Å². The van der Waals surface area contributed by atoms with E-state index in [-0.39, 0.29) is 0 Å². The lowest BCUT2D eigenvalue weighted by molar-refractivity contribution is 0.178. The van der Waals surface area contributed by atoms with Crippen molar-refractivity contribution in [2.24, 2.45) is 0 Å². The van der Waals surface area contributed by atoms with Crippen LogP contribution >= 0.6 is 0 Å². The highest BCUT2D eigenvalue weighted by atomic mass is 16.5. The van der Waals surface area contributed by atoms with Gasteiger partial charge in [-0.3, -0.25) is 0 Å². The fourth-order valence-corrected chi connectivity index (χ4v) is 2.00. The molecule has 0 fully saturated rings. The molecular formula is C22H30O2. The van der Waals surface area contributed by atoms with Gasteiger partial charge in [-0.15, -0.1) is 0 Å². The van der Waals surface area contributed by atoms with Gasteiger partial charge >= 0.3 is 0 Å². The van der Waals surface area contributed by atoms with Crippen LogP contribution in [0.2, 0.25) is 0 Å². The predicted octanol–water partition coefficient (Wildman–Crippen LogP) is 5.54. The SMILES string of the molecule is CC/C=C\CC/C=C/C=C\C=C\[C@@H](O)CCOc1ccc(C)cc1. The first-order chi connectivity index (χ1) is 11.7. The van der Waals surface area contributed by atoms with Gasteiger partial charge in [0.25, 0.3) is 0 Å². The van der Waals surface area contributed by atoms with Gasteiger partial charge in [0, 0.05) is 6.42 Å². The first kappa shape index (κ1) is 20.0. The fourth-order valence-electron chi connectivity index (χ4n) is 2.00. The van der Waals surface area contributed by atoms with Crippen LogP contribution in [0.3, 0.4) is 0 Å². The van der Waals surface area contributed by atoms with Crippen molar-refractivity contribution in [3.05, 3.63) is 78.4 Å². The predicted molar refractivity (Wildman–Crippen MR) is 103 cm³/mol. The minimum Gasteiger partial charge on any atom is -0.493 e. The molecule has 0 aliphatic carbocycles. The van der Waals surface area contributed by atoms with Crippen LogP contribution in [0.5, 0.6) is 5.75 Å². The summed E-state index contributed by atoms with van der Waals surface area (Å²) >= 11 is 0. The third kappa shape index (κ3) is 10.6. The summed E-state index contributed by atoms with van der Waals surface area (Å²) in [5.41, 5.74) is 1.21. The molecule has 2 nitrogen and oxygen atoms in total. The summed E-state index contributed by atoms with van der Waals surface area (Å²) < 4.78 is 5.60. The Hall–Kier alpha value is -2.06. The van der Waals surface area contributed by atoms with Crippen molar-refractivity contribution in [3.63, 3.8) is 0 Å². The zero-order chi connectivity index (χ0) is 17.5. The molecule has 0 aromatic heterocycles. The number of aliphatic hydroxyl groups is 1. The van der Waals surface area contributed by atoms with E-state index in [1.165, 1.54) is 5.56 Å². The molecule has 1 rings (SSSR count). The van der Waals surface area contributed by atoms with Crippen LogP contribution in [0.25, 0.3) is 0 Å². The second kappa shape index (κ2) is 13.4. The lowest BCUT2D eigenvalue weighted by atomic mass is 10.2. The van der Waals surface area contributed by atoms with Gasteiger partial charge in [-0.2, -0.15) is 0 Å². The Morgan fingerprint density at radius 1 is 0.958 bits per heavy atom. The number of aliphatic hydroxyl groups excluding tert-OH is 1.